The first-order valence-electron chi connectivity index (χ1n) is 8.65. The molecule has 2 N–H and O–H groups in total. The molecule has 0 unspecified atom stereocenters. The maximum Gasteiger partial charge on any atom is 0.251 e. The van der Waals surface area contributed by atoms with Gasteiger partial charge in [0.15, 0.2) is 0 Å². The van der Waals surface area contributed by atoms with Crippen LogP contribution in [0, 0.1) is 6.92 Å². The van der Waals surface area contributed by atoms with E-state index in [0.717, 1.165) is 20.9 Å². The molecule has 0 fully saturated rings. The summed E-state index contributed by atoms with van der Waals surface area (Å²) < 4.78 is 0. The largest absolute Gasteiger partial charge is 0.355 e. The van der Waals surface area contributed by atoms with Crippen molar-refractivity contribution in [1.82, 2.24) is 5.32 Å². The average molecular weight is 411 g/mol. The predicted molar refractivity (Wildman–Crippen MR) is 117 cm³/mol. The molecule has 1 heterocycles. The summed E-state index contributed by atoms with van der Waals surface area (Å²) in [5.74, 6) is -0.445. The highest BCUT2D eigenvalue weighted by atomic mass is 35.5. The van der Waals surface area contributed by atoms with E-state index in [2.05, 4.69) is 10.6 Å². The molecule has 0 saturated heterocycles. The SMILES string of the molecule is CNC(=O)c1cccc(NC(=O)/C=C/c2ccc(-c3ccccc3Cl)s2)c1C. The Labute approximate surface area is 172 Å². The van der Waals surface area contributed by atoms with E-state index in [-0.39, 0.29) is 11.8 Å². The summed E-state index contributed by atoms with van der Waals surface area (Å²) in [4.78, 5) is 26.2. The van der Waals surface area contributed by atoms with Crippen molar-refractivity contribution in [3.63, 3.8) is 0 Å². The van der Waals surface area contributed by atoms with Crippen LogP contribution in [0.25, 0.3) is 16.5 Å². The monoisotopic (exact) mass is 410 g/mol. The van der Waals surface area contributed by atoms with Crippen LogP contribution in [0.1, 0.15) is 20.8 Å². The third-order valence-electron chi connectivity index (χ3n) is 4.23. The summed E-state index contributed by atoms with van der Waals surface area (Å²) in [6.07, 6.45) is 3.24. The highest BCUT2D eigenvalue weighted by molar-refractivity contribution is 7.16. The van der Waals surface area contributed by atoms with Gasteiger partial charge >= 0.3 is 0 Å². The fourth-order valence-corrected chi connectivity index (χ4v) is 3.98. The quantitative estimate of drug-likeness (QED) is 0.554. The van der Waals surface area contributed by atoms with Crippen LogP contribution in [0.3, 0.4) is 0 Å². The summed E-state index contributed by atoms with van der Waals surface area (Å²) in [7, 11) is 1.58. The molecule has 28 heavy (non-hydrogen) atoms. The molecule has 0 aliphatic carbocycles. The number of rotatable bonds is 5. The minimum Gasteiger partial charge on any atom is -0.355 e. The van der Waals surface area contributed by atoms with Crippen LogP contribution in [0.5, 0.6) is 0 Å². The Morgan fingerprint density at radius 2 is 1.82 bits per heavy atom. The summed E-state index contributed by atoms with van der Waals surface area (Å²) in [5.41, 5.74) is 2.84. The van der Waals surface area contributed by atoms with Crippen LogP contribution < -0.4 is 10.6 Å². The first kappa shape index (κ1) is 19.9. The number of halogens is 1. The van der Waals surface area contributed by atoms with Gasteiger partial charge < -0.3 is 10.6 Å². The van der Waals surface area contributed by atoms with Crippen molar-refractivity contribution in [2.75, 3.05) is 12.4 Å². The van der Waals surface area contributed by atoms with E-state index >= 15 is 0 Å². The molecule has 0 spiro atoms. The van der Waals surface area contributed by atoms with Crippen molar-refractivity contribution in [3.8, 4) is 10.4 Å². The number of thiophene rings is 1. The number of nitrogens with one attached hydrogen (secondary N) is 2. The van der Waals surface area contributed by atoms with Crippen molar-refractivity contribution >= 4 is 46.5 Å². The molecule has 2 amide bonds. The van der Waals surface area contributed by atoms with Crippen LogP contribution in [-0.4, -0.2) is 18.9 Å². The molecular formula is C22H19ClN2O2S. The van der Waals surface area contributed by atoms with Gasteiger partial charge in [0.05, 0.1) is 0 Å². The fourth-order valence-electron chi connectivity index (χ4n) is 2.73. The molecule has 0 bridgehead atoms. The maximum absolute atomic E-state index is 12.3. The molecule has 2 aromatic carbocycles. The average Bonchev–Trinajstić information content (AvgIpc) is 3.16. The molecule has 0 saturated carbocycles. The molecule has 4 nitrogen and oxygen atoms in total. The van der Waals surface area contributed by atoms with Gasteiger partial charge in [-0.15, -0.1) is 11.3 Å². The Morgan fingerprint density at radius 1 is 1.04 bits per heavy atom. The summed E-state index contributed by atoms with van der Waals surface area (Å²) >= 11 is 7.80. The van der Waals surface area contributed by atoms with Crippen LogP contribution >= 0.6 is 22.9 Å². The van der Waals surface area contributed by atoms with Crippen molar-refractivity contribution in [3.05, 3.63) is 81.7 Å². The van der Waals surface area contributed by atoms with Gasteiger partial charge in [-0.1, -0.05) is 35.9 Å². The zero-order valence-corrected chi connectivity index (χ0v) is 17.0. The molecule has 0 aliphatic heterocycles. The van der Waals surface area contributed by atoms with Crippen molar-refractivity contribution in [2.45, 2.75) is 6.92 Å². The van der Waals surface area contributed by atoms with Crippen LogP contribution in [0.15, 0.2) is 60.7 Å². The zero-order chi connectivity index (χ0) is 20.1. The van der Waals surface area contributed by atoms with Crippen LogP contribution in [-0.2, 0) is 4.79 Å². The summed E-state index contributed by atoms with van der Waals surface area (Å²) in [5, 5.41) is 6.12. The lowest BCUT2D eigenvalue weighted by Crippen LogP contribution is -2.20. The van der Waals surface area contributed by atoms with E-state index in [1.54, 1.807) is 49.6 Å². The first-order chi connectivity index (χ1) is 13.5. The Bertz CT molecular complexity index is 1060. The van der Waals surface area contributed by atoms with Crippen molar-refractivity contribution in [2.24, 2.45) is 0 Å². The van der Waals surface area contributed by atoms with Crippen LogP contribution in [0.4, 0.5) is 5.69 Å². The van der Waals surface area contributed by atoms with Crippen molar-refractivity contribution < 1.29 is 9.59 Å². The van der Waals surface area contributed by atoms with E-state index in [9.17, 15) is 9.59 Å². The van der Waals surface area contributed by atoms with E-state index in [0.29, 0.717) is 16.3 Å². The number of hydrogen-bond donors (Lipinski definition) is 2. The van der Waals surface area contributed by atoms with Gasteiger partial charge in [0, 0.05) is 44.7 Å². The minimum absolute atomic E-state index is 0.185. The molecule has 142 valence electrons. The van der Waals surface area contributed by atoms with Gasteiger partial charge in [-0.25, -0.2) is 0 Å². The van der Waals surface area contributed by atoms with E-state index in [4.69, 9.17) is 11.6 Å². The van der Waals surface area contributed by atoms with Gasteiger partial charge in [-0.05, 0) is 48.9 Å². The normalized spacial score (nSPS) is 10.8. The molecule has 0 radical (unpaired) electrons. The van der Waals surface area contributed by atoms with E-state index < -0.39 is 0 Å². The highest BCUT2D eigenvalue weighted by Gasteiger charge is 2.11. The van der Waals surface area contributed by atoms with Gasteiger partial charge in [-0.2, -0.15) is 0 Å². The van der Waals surface area contributed by atoms with E-state index in [1.165, 1.54) is 6.08 Å². The second-order valence-electron chi connectivity index (χ2n) is 6.06. The maximum atomic E-state index is 12.3. The smallest absolute Gasteiger partial charge is 0.251 e. The highest BCUT2D eigenvalue weighted by Crippen LogP contribution is 2.33. The molecule has 6 heteroatoms. The van der Waals surface area contributed by atoms with Gasteiger partial charge in [0.25, 0.3) is 5.91 Å². The van der Waals surface area contributed by atoms with E-state index in [1.807, 2.05) is 36.4 Å². The topological polar surface area (TPSA) is 58.2 Å². The molecule has 1 aromatic heterocycles. The number of amides is 2. The number of hydrogen-bond acceptors (Lipinski definition) is 3. The predicted octanol–water partition coefficient (Wildman–Crippen LogP) is 5.39. The Morgan fingerprint density at radius 3 is 2.57 bits per heavy atom. The van der Waals surface area contributed by atoms with Crippen molar-refractivity contribution in [1.29, 1.82) is 0 Å². The Hall–Kier alpha value is -2.89. The summed E-state index contributed by atoms with van der Waals surface area (Å²) in [6.45, 7) is 1.80. The molecule has 0 aliphatic rings. The Balaban J connectivity index is 1.72. The number of carbonyl (C=O) groups is 2. The lowest BCUT2D eigenvalue weighted by molar-refractivity contribution is -0.111. The third kappa shape index (κ3) is 4.50. The fraction of sp³-hybridized carbons (Fsp3) is 0.0909. The second-order valence-corrected chi connectivity index (χ2v) is 7.58. The molecule has 0 atom stereocenters. The zero-order valence-electron chi connectivity index (χ0n) is 15.5. The third-order valence-corrected chi connectivity index (χ3v) is 5.64. The number of benzene rings is 2. The molecule has 3 rings (SSSR count). The first-order valence-corrected chi connectivity index (χ1v) is 9.84. The summed E-state index contributed by atoms with van der Waals surface area (Å²) in [6, 6.07) is 16.8. The van der Waals surface area contributed by atoms with Gasteiger partial charge in [0.2, 0.25) is 5.91 Å². The standard InChI is InChI=1S/C22H19ClN2O2S/c1-14-16(22(27)24-2)7-5-9-19(14)25-21(26)13-11-15-10-12-20(28-15)17-6-3-4-8-18(17)23/h3-13H,1-2H3,(H,24,27)(H,25,26)/b13-11+. The number of anilines is 1. The lowest BCUT2D eigenvalue weighted by atomic mass is 10.1. The second kappa shape index (κ2) is 8.87. The van der Waals surface area contributed by atoms with Gasteiger partial charge in [0.1, 0.15) is 0 Å². The number of carbonyl (C=O) groups excluding carboxylic acids is 2. The molecule has 3 aromatic rings. The minimum atomic E-state index is -0.259. The molecular weight excluding hydrogens is 392 g/mol. The van der Waals surface area contributed by atoms with Gasteiger partial charge in [-0.3, -0.25) is 9.59 Å². The Kier molecular flexibility index (Phi) is 6.29. The van der Waals surface area contributed by atoms with Crippen LogP contribution in [0.2, 0.25) is 5.02 Å². The lowest BCUT2D eigenvalue weighted by Gasteiger charge is -2.10.